The zero-order valence-corrected chi connectivity index (χ0v) is 10.9. The second kappa shape index (κ2) is 5.71. The Hall–Kier alpha value is -2.07. The van der Waals surface area contributed by atoms with E-state index in [2.05, 4.69) is 0 Å². The summed E-state index contributed by atoms with van der Waals surface area (Å²) in [6.45, 7) is 1.84. The van der Waals surface area contributed by atoms with Gasteiger partial charge in [-0.2, -0.15) is 0 Å². The molecule has 0 saturated heterocycles. The maximum absolute atomic E-state index is 13.1. The Bertz CT molecular complexity index is 570. The molecular formula is C15H16FNO2. The van der Waals surface area contributed by atoms with Crippen LogP contribution in [0.25, 0.3) is 0 Å². The molecule has 0 aliphatic heterocycles. The molecule has 19 heavy (non-hydrogen) atoms. The maximum Gasteiger partial charge on any atom is 0.135 e. The lowest BCUT2D eigenvalue weighted by Gasteiger charge is -2.17. The molecule has 100 valence electrons. The summed E-state index contributed by atoms with van der Waals surface area (Å²) in [5, 5.41) is 0. The highest BCUT2D eigenvalue weighted by molar-refractivity contribution is 5.48. The fourth-order valence-electron chi connectivity index (χ4n) is 1.90. The SMILES string of the molecule is COc1cccc(Oc2cccc(F)c2)c1[C@H](C)N. The van der Waals surface area contributed by atoms with Gasteiger partial charge in [-0.25, -0.2) is 4.39 Å². The smallest absolute Gasteiger partial charge is 0.135 e. The molecule has 2 N–H and O–H groups in total. The van der Waals surface area contributed by atoms with Crippen LogP contribution in [0.2, 0.25) is 0 Å². The van der Waals surface area contributed by atoms with E-state index in [0.29, 0.717) is 17.2 Å². The summed E-state index contributed by atoms with van der Waals surface area (Å²) in [6.07, 6.45) is 0. The summed E-state index contributed by atoms with van der Waals surface area (Å²) in [7, 11) is 1.58. The molecule has 2 rings (SSSR count). The van der Waals surface area contributed by atoms with Gasteiger partial charge in [0.1, 0.15) is 23.1 Å². The zero-order valence-electron chi connectivity index (χ0n) is 10.9. The third kappa shape index (κ3) is 3.03. The summed E-state index contributed by atoms with van der Waals surface area (Å²) in [6, 6.07) is 11.1. The van der Waals surface area contributed by atoms with Crippen molar-refractivity contribution in [2.45, 2.75) is 13.0 Å². The topological polar surface area (TPSA) is 44.5 Å². The number of hydrogen-bond donors (Lipinski definition) is 1. The molecule has 2 aromatic rings. The summed E-state index contributed by atoms with van der Waals surface area (Å²) < 4.78 is 24.1. The molecule has 0 spiro atoms. The van der Waals surface area contributed by atoms with E-state index < -0.39 is 0 Å². The monoisotopic (exact) mass is 261 g/mol. The first kappa shape index (κ1) is 13.4. The lowest BCUT2D eigenvalue weighted by atomic mass is 10.1. The van der Waals surface area contributed by atoms with Gasteiger partial charge in [0.2, 0.25) is 0 Å². The van der Waals surface area contributed by atoms with E-state index in [9.17, 15) is 4.39 Å². The van der Waals surface area contributed by atoms with E-state index in [-0.39, 0.29) is 11.9 Å². The number of nitrogens with two attached hydrogens (primary N) is 1. The summed E-state index contributed by atoms with van der Waals surface area (Å²) in [4.78, 5) is 0. The molecule has 0 amide bonds. The molecule has 0 fully saturated rings. The predicted octanol–water partition coefficient (Wildman–Crippen LogP) is 3.65. The lowest BCUT2D eigenvalue weighted by Crippen LogP contribution is -2.08. The van der Waals surface area contributed by atoms with E-state index in [1.165, 1.54) is 12.1 Å². The average molecular weight is 261 g/mol. The average Bonchev–Trinajstić information content (AvgIpc) is 2.38. The van der Waals surface area contributed by atoms with Crippen molar-refractivity contribution in [1.82, 2.24) is 0 Å². The van der Waals surface area contributed by atoms with Crippen LogP contribution in [0.1, 0.15) is 18.5 Å². The minimum absolute atomic E-state index is 0.250. The first-order valence-corrected chi connectivity index (χ1v) is 5.97. The van der Waals surface area contributed by atoms with Crippen molar-refractivity contribution in [2.75, 3.05) is 7.11 Å². The lowest BCUT2D eigenvalue weighted by molar-refractivity contribution is 0.397. The van der Waals surface area contributed by atoms with Gasteiger partial charge in [0.15, 0.2) is 0 Å². The van der Waals surface area contributed by atoms with Gasteiger partial charge in [0.05, 0.1) is 12.7 Å². The van der Waals surface area contributed by atoms with Crippen LogP contribution in [-0.4, -0.2) is 7.11 Å². The van der Waals surface area contributed by atoms with Crippen LogP contribution in [0.5, 0.6) is 17.2 Å². The number of ether oxygens (including phenoxy) is 2. The molecule has 3 nitrogen and oxygen atoms in total. The molecule has 0 unspecified atom stereocenters. The third-order valence-corrected chi connectivity index (χ3v) is 2.73. The van der Waals surface area contributed by atoms with E-state index in [1.807, 2.05) is 13.0 Å². The Morgan fingerprint density at radius 1 is 1.11 bits per heavy atom. The molecule has 1 atom stereocenters. The van der Waals surface area contributed by atoms with Crippen LogP contribution in [0, 0.1) is 5.82 Å². The van der Waals surface area contributed by atoms with Crippen molar-refractivity contribution in [3.8, 4) is 17.2 Å². The van der Waals surface area contributed by atoms with Gasteiger partial charge in [0.25, 0.3) is 0 Å². The van der Waals surface area contributed by atoms with Gasteiger partial charge < -0.3 is 15.2 Å². The highest BCUT2D eigenvalue weighted by atomic mass is 19.1. The Labute approximate surface area is 111 Å². The van der Waals surface area contributed by atoms with Crippen molar-refractivity contribution >= 4 is 0 Å². The quantitative estimate of drug-likeness (QED) is 0.913. The standard InChI is InChI=1S/C15H16FNO2/c1-10(17)15-13(18-2)7-4-8-14(15)19-12-6-3-5-11(16)9-12/h3-10H,17H2,1-2H3/t10-/m0/s1. The number of hydrogen-bond acceptors (Lipinski definition) is 3. The molecule has 0 radical (unpaired) electrons. The summed E-state index contributed by atoms with van der Waals surface area (Å²) in [5.41, 5.74) is 6.70. The largest absolute Gasteiger partial charge is 0.496 e. The fraction of sp³-hybridized carbons (Fsp3) is 0.200. The molecule has 0 heterocycles. The highest BCUT2D eigenvalue weighted by Crippen LogP contribution is 2.35. The van der Waals surface area contributed by atoms with Gasteiger partial charge in [-0.15, -0.1) is 0 Å². The van der Waals surface area contributed by atoms with Crippen LogP contribution < -0.4 is 15.2 Å². The van der Waals surface area contributed by atoms with Crippen LogP contribution in [0.15, 0.2) is 42.5 Å². The molecule has 0 aromatic heterocycles. The van der Waals surface area contributed by atoms with Crippen LogP contribution in [0.3, 0.4) is 0 Å². The second-order valence-electron chi connectivity index (χ2n) is 4.22. The molecule has 0 saturated carbocycles. The maximum atomic E-state index is 13.1. The first-order valence-electron chi connectivity index (χ1n) is 5.97. The summed E-state index contributed by atoms with van der Waals surface area (Å²) in [5.74, 6) is 1.31. The Morgan fingerprint density at radius 3 is 2.42 bits per heavy atom. The molecule has 0 aliphatic carbocycles. The normalized spacial score (nSPS) is 12.0. The molecule has 4 heteroatoms. The van der Waals surface area contributed by atoms with Crippen LogP contribution in [-0.2, 0) is 0 Å². The van der Waals surface area contributed by atoms with Crippen molar-refractivity contribution in [1.29, 1.82) is 0 Å². The van der Waals surface area contributed by atoms with Gasteiger partial charge in [-0.05, 0) is 31.2 Å². The third-order valence-electron chi connectivity index (χ3n) is 2.73. The van der Waals surface area contributed by atoms with Gasteiger partial charge in [-0.3, -0.25) is 0 Å². The summed E-state index contributed by atoms with van der Waals surface area (Å²) >= 11 is 0. The molecule has 0 aliphatic rings. The second-order valence-corrected chi connectivity index (χ2v) is 4.22. The minimum Gasteiger partial charge on any atom is -0.496 e. The van der Waals surface area contributed by atoms with Crippen molar-refractivity contribution in [3.05, 3.63) is 53.8 Å². The van der Waals surface area contributed by atoms with Gasteiger partial charge in [0, 0.05) is 12.1 Å². The number of benzene rings is 2. The molecule has 0 bridgehead atoms. The van der Waals surface area contributed by atoms with E-state index in [1.54, 1.807) is 31.4 Å². The predicted molar refractivity (Wildman–Crippen MR) is 72.1 cm³/mol. The number of halogens is 1. The van der Waals surface area contributed by atoms with Crippen molar-refractivity contribution in [2.24, 2.45) is 5.73 Å². The number of rotatable bonds is 4. The molecular weight excluding hydrogens is 245 g/mol. The first-order chi connectivity index (χ1) is 9.11. The zero-order chi connectivity index (χ0) is 13.8. The molecule has 2 aromatic carbocycles. The Kier molecular flexibility index (Phi) is 4.02. The van der Waals surface area contributed by atoms with Crippen LogP contribution >= 0.6 is 0 Å². The Morgan fingerprint density at radius 2 is 1.79 bits per heavy atom. The highest BCUT2D eigenvalue weighted by Gasteiger charge is 2.15. The van der Waals surface area contributed by atoms with E-state index >= 15 is 0 Å². The van der Waals surface area contributed by atoms with Gasteiger partial charge >= 0.3 is 0 Å². The number of methoxy groups -OCH3 is 1. The van der Waals surface area contributed by atoms with E-state index in [4.69, 9.17) is 15.2 Å². The van der Waals surface area contributed by atoms with Crippen molar-refractivity contribution < 1.29 is 13.9 Å². The van der Waals surface area contributed by atoms with Crippen molar-refractivity contribution in [3.63, 3.8) is 0 Å². The van der Waals surface area contributed by atoms with E-state index in [0.717, 1.165) is 5.56 Å². The fourth-order valence-corrected chi connectivity index (χ4v) is 1.90. The Balaban J connectivity index is 2.39. The van der Waals surface area contributed by atoms with Crippen LogP contribution in [0.4, 0.5) is 4.39 Å². The van der Waals surface area contributed by atoms with Gasteiger partial charge in [-0.1, -0.05) is 12.1 Å². The minimum atomic E-state index is -0.345.